The van der Waals surface area contributed by atoms with Crippen LogP contribution in [0, 0.1) is 18.2 Å². The number of aryl methyl sites for hydroxylation is 1. The fourth-order valence-corrected chi connectivity index (χ4v) is 2.79. The molecule has 1 heterocycles. The lowest BCUT2D eigenvalue weighted by Gasteiger charge is -2.14. The standard InChI is InChI=1S/C20H16F4N4O2/c1-11-8-13(21)6-7-15(11)26-18-14(10-25)19(29)28-17(27-18)9-12-4-2-3-5-16(12)30-20(22,23)24/h2-8,10,25H,9H2,1H3,(H2,26,27,28,29). The Morgan fingerprint density at radius 1 is 1.23 bits per heavy atom. The number of para-hydroxylation sites is 1. The van der Waals surface area contributed by atoms with Gasteiger partial charge in [-0.05, 0) is 36.8 Å². The van der Waals surface area contributed by atoms with Crippen LogP contribution in [0.2, 0.25) is 0 Å². The molecule has 0 fully saturated rings. The van der Waals surface area contributed by atoms with Gasteiger partial charge in [-0.2, -0.15) is 0 Å². The van der Waals surface area contributed by atoms with Gasteiger partial charge >= 0.3 is 6.36 Å². The Hall–Kier alpha value is -3.69. The van der Waals surface area contributed by atoms with Crippen molar-refractivity contribution in [2.24, 2.45) is 0 Å². The summed E-state index contributed by atoms with van der Waals surface area (Å²) in [6.45, 7) is 1.65. The molecule has 0 bridgehead atoms. The number of H-pyrrole nitrogens is 1. The van der Waals surface area contributed by atoms with Gasteiger partial charge in [-0.3, -0.25) is 4.79 Å². The van der Waals surface area contributed by atoms with E-state index in [9.17, 15) is 22.4 Å². The van der Waals surface area contributed by atoms with Crippen molar-refractivity contribution in [1.29, 1.82) is 5.41 Å². The van der Waals surface area contributed by atoms with Crippen LogP contribution in [0.1, 0.15) is 22.5 Å². The molecule has 156 valence electrons. The molecule has 3 rings (SSSR count). The number of alkyl halides is 3. The van der Waals surface area contributed by atoms with Crippen molar-refractivity contribution in [3.05, 3.63) is 81.2 Å². The topological polar surface area (TPSA) is 90.9 Å². The van der Waals surface area contributed by atoms with Crippen molar-refractivity contribution < 1.29 is 22.3 Å². The van der Waals surface area contributed by atoms with Crippen LogP contribution in [0.5, 0.6) is 5.75 Å². The smallest absolute Gasteiger partial charge is 0.405 e. The quantitative estimate of drug-likeness (QED) is 0.406. The molecule has 0 atom stereocenters. The largest absolute Gasteiger partial charge is 0.573 e. The lowest BCUT2D eigenvalue weighted by atomic mass is 10.1. The second-order valence-corrected chi connectivity index (χ2v) is 6.34. The third-order valence-electron chi connectivity index (χ3n) is 4.15. The first-order chi connectivity index (χ1) is 14.2. The van der Waals surface area contributed by atoms with Crippen LogP contribution < -0.4 is 15.6 Å². The van der Waals surface area contributed by atoms with Crippen molar-refractivity contribution in [1.82, 2.24) is 9.97 Å². The van der Waals surface area contributed by atoms with Gasteiger partial charge in [-0.15, -0.1) is 13.2 Å². The van der Waals surface area contributed by atoms with Crippen LogP contribution in [0.25, 0.3) is 0 Å². The van der Waals surface area contributed by atoms with E-state index in [0.717, 1.165) is 12.3 Å². The lowest BCUT2D eigenvalue weighted by molar-refractivity contribution is -0.274. The van der Waals surface area contributed by atoms with Gasteiger partial charge < -0.3 is 20.4 Å². The number of nitrogens with one attached hydrogen (secondary N) is 3. The summed E-state index contributed by atoms with van der Waals surface area (Å²) in [4.78, 5) is 19.1. The molecule has 2 aromatic carbocycles. The maximum absolute atomic E-state index is 13.3. The number of hydrogen-bond donors (Lipinski definition) is 3. The first-order valence-corrected chi connectivity index (χ1v) is 8.67. The number of nitrogens with zero attached hydrogens (tertiary/aromatic N) is 1. The van der Waals surface area contributed by atoms with Gasteiger partial charge in [0, 0.05) is 23.9 Å². The second-order valence-electron chi connectivity index (χ2n) is 6.34. The number of benzene rings is 2. The third kappa shape index (κ3) is 5.02. The Morgan fingerprint density at radius 2 is 1.97 bits per heavy atom. The van der Waals surface area contributed by atoms with Crippen LogP contribution in [0.4, 0.5) is 29.1 Å². The molecule has 0 unspecified atom stereocenters. The van der Waals surface area contributed by atoms with E-state index in [2.05, 4.69) is 20.0 Å². The Balaban J connectivity index is 1.98. The SMILES string of the molecule is Cc1cc(F)ccc1Nc1nc(Cc2ccccc2OC(F)(F)F)[nH]c(=O)c1C=N. The molecule has 6 nitrogen and oxygen atoms in total. The number of aromatic amines is 1. The van der Waals surface area contributed by atoms with Gasteiger partial charge in [-0.25, -0.2) is 9.37 Å². The van der Waals surface area contributed by atoms with E-state index in [1.807, 2.05) is 0 Å². The first-order valence-electron chi connectivity index (χ1n) is 8.67. The molecule has 1 aromatic heterocycles. The maximum atomic E-state index is 13.3. The Kier molecular flexibility index (Phi) is 5.86. The molecule has 0 radical (unpaired) electrons. The average Bonchev–Trinajstić information content (AvgIpc) is 2.64. The zero-order valence-electron chi connectivity index (χ0n) is 15.6. The van der Waals surface area contributed by atoms with Gasteiger partial charge in [-0.1, -0.05) is 18.2 Å². The van der Waals surface area contributed by atoms with Gasteiger partial charge in [0.25, 0.3) is 5.56 Å². The van der Waals surface area contributed by atoms with Crippen LogP contribution >= 0.6 is 0 Å². The minimum atomic E-state index is -4.87. The summed E-state index contributed by atoms with van der Waals surface area (Å²) in [6, 6.07) is 9.46. The summed E-state index contributed by atoms with van der Waals surface area (Å²) in [5, 5.41) is 10.4. The molecule has 0 saturated carbocycles. The van der Waals surface area contributed by atoms with E-state index in [1.54, 1.807) is 6.92 Å². The summed E-state index contributed by atoms with van der Waals surface area (Å²) in [5.41, 5.74) is 0.432. The first kappa shape index (κ1) is 21.0. The third-order valence-corrected chi connectivity index (χ3v) is 4.15. The van der Waals surface area contributed by atoms with Crippen LogP contribution in [-0.4, -0.2) is 22.5 Å². The van der Waals surface area contributed by atoms with Crippen LogP contribution in [-0.2, 0) is 6.42 Å². The summed E-state index contributed by atoms with van der Waals surface area (Å²) >= 11 is 0. The predicted octanol–water partition coefficient (Wildman–Crippen LogP) is 4.45. The molecule has 3 aromatic rings. The molecule has 3 N–H and O–H groups in total. The van der Waals surface area contributed by atoms with E-state index in [4.69, 9.17) is 5.41 Å². The summed E-state index contributed by atoms with van der Waals surface area (Å²) in [7, 11) is 0. The van der Waals surface area contributed by atoms with E-state index >= 15 is 0 Å². The predicted molar refractivity (Wildman–Crippen MR) is 103 cm³/mol. The van der Waals surface area contributed by atoms with E-state index in [1.165, 1.54) is 36.4 Å². The number of halogens is 4. The number of rotatable bonds is 6. The minimum Gasteiger partial charge on any atom is -0.405 e. The van der Waals surface area contributed by atoms with E-state index in [-0.39, 0.29) is 29.2 Å². The van der Waals surface area contributed by atoms with Crippen LogP contribution in [0.15, 0.2) is 47.3 Å². The van der Waals surface area contributed by atoms with Crippen molar-refractivity contribution >= 4 is 17.7 Å². The van der Waals surface area contributed by atoms with Crippen molar-refractivity contribution in [3.8, 4) is 5.75 Å². The maximum Gasteiger partial charge on any atom is 0.573 e. The van der Waals surface area contributed by atoms with Crippen LogP contribution in [0.3, 0.4) is 0 Å². The van der Waals surface area contributed by atoms with Crippen molar-refractivity contribution in [2.45, 2.75) is 19.7 Å². The highest BCUT2D eigenvalue weighted by atomic mass is 19.4. The summed E-state index contributed by atoms with van der Waals surface area (Å²) in [6.07, 6.45) is -4.22. The molecular weight excluding hydrogens is 404 g/mol. The van der Waals surface area contributed by atoms with E-state index < -0.39 is 23.5 Å². The lowest BCUT2D eigenvalue weighted by Crippen LogP contribution is -2.20. The van der Waals surface area contributed by atoms with Gasteiger partial charge in [0.1, 0.15) is 23.2 Å². The number of ether oxygens (including phenoxy) is 1. The number of aromatic nitrogens is 2. The summed E-state index contributed by atoms with van der Waals surface area (Å²) in [5.74, 6) is -0.766. The molecule has 0 aliphatic heterocycles. The van der Waals surface area contributed by atoms with E-state index in [0.29, 0.717) is 11.3 Å². The highest BCUT2D eigenvalue weighted by Crippen LogP contribution is 2.28. The average molecular weight is 420 g/mol. The molecule has 10 heteroatoms. The zero-order chi connectivity index (χ0) is 21.9. The highest BCUT2D eigenvalue weighted by Gasteiger charge is 2.32. The number of anilines is 2. The highest BCUT2D eigenvalue weighted by molar-refractivity contribution is 5.85. The molecular formula is C20H16F4N4O2. The second kappa shape index (κ2) is 8.36. The fourth-order valence-electron chi connectivity index (χ4n) is 2.79. The molecule has 30 heavy (non-hydrogen) atoms. The molecule has 0 aliphatic rings. The summed E-state index contributed by atoms with van der Waals surface area (Å²) < 4.78 is 55.3. The monoisotopic (exact) mass is 420 g/mol. The Labute approximate surface area is 168 Å². The normalized spacial score (nSPS) is 11.2. The molecule has 0 amide bonds. The molecule has 0 aliphatic carbocycles. The van der Waals surface area contributed by atoms with Crippen molar-refractivity contribution in [3.63, 3.8) is 0 Å². The Bertz CT molecular complexity index is 1140. The number of hydrogen-bond acceptors (Lipinski definition) is 5. The zero-order valence-corrected chi connectivity index (χ0v) is 15.6. The fraction of sp³-hybridized carbons (Fsp3) is 0.150. The Morgan fingerprint density at radius 3 is 2.63 bits per heavy atom. The van der Waals surface area contributed by atoms with Gasteiger partial charge in [0.05, 0.1) is 5.56 Å². The molecule has 0 spiro atoms. The van der Waals surface area contributed by atoms with Crippen molar-refractivity contribution in [2.75, 3.05) is 5.32 Å². The molecule has 0 saturated heterocycles. The van der Waals surface area contributed by atoms with Gasteiger partial charge in [0.15, 0.2) is 0 Å². The van der Waals surface area contributed by atoms with Gasteiger partial charge in [0.2, 0.25) is 0 Å². The minimum absolute atomic E-state index is 0.0210.